The second-order valence-electron chi connectivity index (χ2n) is 3.44. The molecule has 0 aliphatic heterocycles. The molecule has 2 aromatic rings. The molecule has 0 atom stereocenters. The molecular formula is C12H14N. The molecule has 0 fully saturated rings. The van der Waals surface area contributed by atoms with Gasteiger partial charge in [0.15, 0.2) is 0 Å². The average Bonchev–Trinajstić information content (AvgIpc) is 2.46. The number of hydrogen-bond acceptors (Lipinski definition) is 0. The van der Waals surface area contributed by atoms with Gasteiger partial charge in [0, 0.05) is 23.6 Å². The lowest BCUT2D eigenvalue weighted by molar-refractivity contribution is 0.702. The summed E-state index contributed by atoms with van der Waals surface area (Å²) in [6, 6.07) is 9.47. The first-order chi connectivity index (χ1) is 6.33. The molecule has 1 aromatic heterocycles. The molecule has 1 heterocycles. The van der Waals surface area contributed by atoms with E-state index in [4.69, 9.17) is 0 Å². The zero-order chi connectivity index (χ0) is 9.26. The summed E-state index contributed by atoms with van der Waals surface area (Å²) in [5, 5.41) is 1.26. The Morgan fingerprint density at radius 1 is 1.46 bits per heavy atom. The van der Waals surface area contributed by atoms with Gasteiger partial charge in [-0.15, -0.1) is 0 Å². The van der Waals surface area contributed by atoms with Crippen LogP contribution in [-0.2, 0) is 6.54 Å². The van der Waals surface area contributed by atoms with Crippen LogP contribution in [0.1, 0.15) is 18.9 Å². The Bertz CT molecular complexity index is 412. The summed E-state index contributed by atoms with van der Waals surface area (Å²) in [7, 11) is 0. The van der Waals surface area contributed by atoms with Gasteiger partial charge in [0.1, 0.15) is 0 Å². The Labute approximate surface area is 79.0 Å². The van der Waals surface area contributed by atoms with E-state index in [0.29, 0.717) is 0 Å². The van der Waals surface area contributed by atoms with Gasteiger partial charge in [-0.2, -0.15) is 0 Å². The second-order valence-corrected chi connectivity index (χ2v) is 3.44. The van der Waals surface area contributed by atoms with Crippen LogP contribution in [0.15, 0.2) is 24.4 Å². The maximum absolute atomic E-state index is 3.28. The van der Waals surface area contributed by atoms with Crippen LogP contribution in [0.4, 0.5) is 0 Å². The van der Waals surface area contributed by atoms with E-state index < -0.39 is 0 Å². The number of benzene rings is 1. The Kier molecular flexibility index (Phi) is 2.09. The van der Waals surface area contributed by atoms with Gasteiger partial charge in [-0.05, 0) is 31.0 Å². The van der Waals surface area contributed by atoms with Crippen molar-refractivity contribution < 1.29 is 0 Å². The van der Waals surface area contributed by atoms with Crippen molar-refractivity contribution in [1.82, 2.24) is 4.57 Å². The smallest absolute Gasteiger partial charge is 0.0489 e. The number of rotatable bonds is 2. The molecule has 0 aliphatic rings. The van der Waals surface area contributed by atoms with Gasteiger partial charge in [0.2, 0.25) is 0 Å². The number of hydrogen-bond donors (Lipinski definition) is 0. The zero-order valence-electron chi connectivity index (χ0n) is 8.17. The third-order valence-corrected chi connectivity index (χ3v) is 2.35. The molecule has 1 heteroatoms. The van der Waals surface area contributed by atoms with Crippen molar-refractivity contribution in [3.05, 3.63) is 36.0 Å². The van der Waals surface area contributed by atoms with Crippen molar-refractivity contribution in [2.75, 3.05) is 0 Å². The highest BCUT2D eigenvalue weighted by atomic mass is 14.9. The summed E-state index contributed by atoms with van der Waals surface area (Å²) in [5.74, 6) is 0. The number of aromatic nitrogens is 1. The zero-order valence-corrected chi connectivity index (χ0v) is 8.17. The molecule has 0 unspecified atom stereocenters. The molecule has 1 nitrogen and oxygen atoms in total. The van der Waals surface area contributed by atoms with Crippen molar-refractivity contribution in [2.45, 2.75) is 26.8 Å². The minimum absolute atomic E-state index is 1.10. The number of fused-ring (bicyclic) bond motifs is 1. The van der Waals surface area contributed by atoms with E-state index in [1.165, 1.54) is 22.9 Å². The molecule has 0 bridgehead atoms. The highest BCUT2D eigenvalue weighted by molar-refractivity contribution is 5.82. The van der Waals surface area contributed by atoms with Crippen LogP contribution in [0.25, 0.3) is 10.9 Å². The lowest BCUT2D eigenvalue weighted by atomic mass is 10.2. The Morgan fingerprint density at radius 3 is 3.08 bits per heavy atom. The standard InChI is InChI=1S/C12H14N/c1-3-8-13-9-10(2)11-6-4-5-7-12(11)13/h4-5,7,9H,3,8H2,1-2H3. The van der Waals surface area contributed by atoms with Gasteiger partial charge < -0.3 is 4.57 Å². The first-order valence-electron chi connectivity index (χ1n) is 4.79. The van der Waals surface area contributed by atoms with Crippen molar-refractivity contribution >= 4 is 10.9 Å². The van der Waals surface area contributed by atoms with Crippen LogP contribution >= 0.6 is 0 Å². The van der Waals surface area contributed by atoms with Crippen molar-refractivity contribution in [2.24, 2.45) is 0 Å². The summed E-state index contributed by atoms with van der Waals surface area (Å²) in [6.45, 7) is 5.45. The monoisotopic (exact) mass is 172 g/mol. The molecular weight excluding hydrogens is 158 g/mol. The summed E-state index contributed by atoms with van der Waals surface area (Å²) < 4.78 is 2.31. The van der Waals surface area contributed by atoms with E-state index in [1.807, 2.05) is 12.1 Å². The van der Waals surface area contributed by atoms with Crippen molar-refractivity contribution in [3.8, 4) is 0 Å². The molecule has 1 radical (unpaired) electrons. The van der Waals surface area contributed by atoms with Crippen LogP contribution < -0.4 is 0 Å². The third-order valence-electron chi connectivity index (χ3n) is 2.35. The fraction of sp³-hybridized carbons (Fsp3) is 0.333. The lowest BCUT2D eigenvalue weighted by Gasteiger charge is -2.00. The Balaban J connectivity index is 2.63. The van der Waals surface area contributed by atoms with E-state index >= 15 is 0 Å². The van der Waals surface area contributed by atoms with E-state index in [1.54, 1.807) is 0 Å². The fourth-order valence-corrected chi connectivity index (χ4v) is 1.78. The van der Waals surface area contributed by atoms with Crippen molar-refractivity contribution in [1.29, 1.82) is 0 Å². The van der Waals surface area contributed by atoms with E-state index in [0.717, 1.165) is 6.54 Å². The van der Waals surface area contributed by atoms with Crippen LogP contribution in [-0.4, -0.2) is 4.57 Å². The number of nitrogens with zero attached hydrogens (tertiary/aromatic N) is 1. The van der Waals surface area contributed by atoms with E-state index in [9.17, 15) is 0 Å². The molecule has 0 saturated heterocycles. The Hall–Kier alpha value is -1.24. The van der Waals surface area contributed by atoms with E-state index in [-0.39, 0.29) is 0 Å². The van der Waals surface area contributed by atoms with Gasteiger partial charge in [0.25, 0.3) is 0 Å². The molecule has 0 spiro atoms. The van der Waals surface area contributed by atoms with Crippen LogP contribution in [0.5, 0.6) is 0 Å². The molecule has 2 rings (SSSR count). The minimum Gasteiger partial charge on any atom is -0.347 e. The number of aryl methyl sites for hydroxylation is 2. The molecule has 0 aliphatic carbocycles. The van der Waals surface area contributed by atoms with Crippen LogP contribution in [0, 0.1) is 13.0 Å². The molecule has 1 aromatic carbocycles. The first kappa shape index (κ1) is 8.36. The fourth-order valence-electron chi connectivity index (χ4n) is 1.78. The highest BCUT2D eigenvalue weighted by Gasteiger charge is 2.02. The summed E-state index contributed by atoms with van der Waals surface area (Å²) in [4.78, 5) is 0. The molecule has 67 valence electrons. The second kappa shape index (κ2) is 3.25. The predicted octanol–water partition coefficient (Wildman–Crippen LogP) is 3.16. The molecule has 13 heavy (non-hydrogen) atoms. The maximum Gasteiger partial charge on any atom is 0.0489 e. The van der Waals surface area contributed by atoms with Crippen molar-refractivity contribution in [3.63, 3.8) is 0 Å². The molecule has 0 amide bonds. The van der Waals surface area contributed by atoms with Gasteiger partial charge >= 0.3 is 0 Å². The highest BCUT2D eigenvalue weighted by Crippen LogP contribution is 2.19. The third kappa shape index (κ3) is 1.35. The Morgan fingerprint density at radius 2 is 2.31 bits per heavy atom. The average molecular weight is 172 g/mol. The minimum atomic E-state index is 1.10. The first-order valence-corrected chi connectivity index (χ1v) is 4.79. The van der Waals surface area contributed by atoms with Gasteiger partial charge in [0.05, 0.1) is 0 Å². The van der Waals surface area contributed by atoms with Gasteiger partial charge in [-0.3, -0.25) is 0 Å². The normalized spacial score (nSPS) is 10.9. The lowest BCUT2D eigenvalue weighted by Crippen LogP contribution is -1.93. The predicted molar refractivity (Wildman–Crippen MR) is 55.8 cm³/mol. The molecule has 0 N–H and O–H groups in total. The summed E-state index contributed by atoms with van der Waals surface area (Å²) in [6.07, 6.45) is 3.39. The van der Waals surface area contributed by atoms with E-state index in [2.05, 4.69) is 36.7 Å². The summed E-state index contributed by atoms with van der Waals surface area (Å²) in [5.41, 5.74) is 2.63. The maximum atomic E-state index is 3.28. The summed E-state index contributed by atoms with van der Waals surface area (Å²) >= 11 is 0. The SMILES string of the molecule is CCCn1cc(C)c2[c]cccc21. The van der Waals surface area contributed by atoms with Crippen LogP contribution in [0.2, 0.25) is 0 Å². The van der Waals surface area contributed by atoms with Gasteiger partial charge in [-0.25, -0.2) is 0 Å². The van der Waals surface area contributed by atoms with Gasteiger partial charge in [-0.1, -0.05) is 19.1 Å². The quantitative estimate of drug-likeness (QED) is 0.655. The molecule has 0 saturated carbocycles. The largest absolute Gasteiger partial charge is 0.347 e. The van der Waals surface area contributed by atoms with Crippen LogP contribution in [0.3, 0.4) is 0 Å². The topological polar surface area (TPSA) is 4.93 Å².